The topological polar surface area (TPSA) is 55.6 Å². The van der Waals surface area contributed by atoms with Crippen LogP contribution in [-0.4, -0.2) is 37.0 Å². The number of likely N-dealkylation sites (tertiary alicyclic amines) is 1. The molecule has 5 heteroatoms. The van der Waals surface area contributed by atoms with Crippen LogP contribution >= 0.6 is 12.4 Å². The Hall–Kier alpha value is -1.26. The molecule has 0 radical (unpaired) electrons. The van der Waals surface area contributed by atoms with Crippen LogP contribution in [0.15, 0.2) is 18.2 Å². The van der Waals surface area contributed by atoms with Crippen molar-refractivity contribution in [3.05, 3.63) is 29.3 Å². The van der Waals surface area contributed by atoms with Crippen LogP contribution in [0, 0.1) is 12.8 Å². The van der Waals surface area contributed by atoms with Gasteiger partial charge in [0.25, 0.3) is 0 Å². The predicted molar refractivity (Wildman–Crippen MR) is 87.0 cm³/mol. The summed E-state index contributed by atoms with van der Waals surface area (Å²) in [6.07, 6.45) is 1.40. The van der Waals surface area contributed by atoms with E-state index in [1.807, 2.05) is 30.0 Å². The fraction of sp³-hybridized carbons (Fsp3) is 0.562. The summed E-state index contributed by atoms with van der Waals surface area (Å²) in [5.41, 5.74) is 7.82. The van der Waals surface area contributed by atoms with Gasteiger partial charge in [-0.2, -0.15) is 0 Å². The van der Waals surface area contributed by atoms with Crippen LogP contribution in [0.4, 0.5) is 0 Å². The maximum atomic E-state index is 12.5. The van der Waals surface area contributed by atoms with Crippen LogP contribution in [0.1, 0.15) is 24.5 Å². The molecule has 2 atom stereocenters. The van der Waals surface area contributed by atoms with Gasteiger partial charge in [-0.1, -0.05) is 17.7 Å². The van der Waals surface area contributed by atoms with Crippen LogP contribution in [0.3, 0.4) is 0 Å². The quantitative estimate of drug-likeness (QED) is 0.927. The third kappa shape index (κ3) is 4.11. The molecule has 0 spiro atoms. The number of benzene rings is 1. The Balaban J connectivity index is 0.00000220. The smallest absolute Gasteiger partial charge is 0.227 e. The fourth-order valence-corrected chi connectivity index (χ4v) is 2.97. The lowest BCUT2D eigenvalue weighted by atomic mass is 10.1. The number of nitrogens with zero attached hydrogens (tertiary/aromatic N) is 1. The van der Waals surface area contributed by atoms with Crippen LogP contribution in [0.5, 0.6) is 5.75 Å². The predicted octanol–water partition coefficient (Wildman–Crippen LogP) is 2.16. The van der Waals surface area contributed by atoms with Gasteiger partial charge in [0.15, 0.2) is 0 Å². The molecule has 1 amide bonds. The number of nitrogens with two attached hydrogens (primary N) is 1. The summed E-state index contributed by atoms with van der Waals surface area (Å²) in [7, 11) is 1.64. The summed E-state index contributed by atoms with van der Waals surface area (Å²) < 4.78 is 5.34. The van der Waals surface area contributed by atoms with Gasteiger partial charge in [0.05, 0.1) is 13.5 Å². The molecular formula is C16H25ClN2O2. The molecule has 2 N–H and O–H groups in total. The van der Waals surface area contributed by atoms with E-state index in [-0.39, 0.29) is 24.4 Å². The maximum Gasteiger partial charge on any atom is 0.227 e. The highest BCUT2D eigenvalue weighted by atomic mass is 35.5. The van der Waals surface area contributed by atoms with Crippen molar-refractivity contribution in [2.24, 2.45) is 11.7 Å². The molecule has 2 unspecified atom stereocenters. The minimum absolute atomic E-state index is 0. The van der Waals surface area contributed by atoms with E-state index < -0.39 is 0 Å². The zero-order chi connectivity index (χ0) is 14.7. The van der Waals surface area contributed by atoms with Crippen molar-refractivity contribution in [3.63, 3.8) is 0 Å². The lowest BCUT2D eigenvalue weighted by molar-refractivity contribution is -0.131. The van der Waals surface area contributed by atoms with Gasteiger partial charge in [-0.05, 0) is 38.8 Å². The summed E-state index contributed by atoms with van der Waals surface area (Å²) >= 11 is 0. The largest absolute Gasteiger partial charge is 0.496 e. The molecule has 0 aromatic heterocycles. The number of hydrogen-bond donors (Lipinski definition) is 1. The number of aryl methyl sites for hydroxylation is 1. The Morgan fingerprint density at radius 1 is 1.48 bits per heavy atom. The number of rotatable bonds is 4. The number of carbonyl (C=O) groups excluding carboxylic acids is 1. The first-order valence-electron chi connectivity index (χ1n) is 7.18. The molecule has 1 heterocycles. The fourth-order valence-electron chi connectivity index (χ4n) is 2.97. The number of halogens is 1. The number of carbonyl (C=O) groups is 1. The van der Waals surface area contributed by atoms with Crippen LogP contribution < -0.4 is 10.5 Å². The van der Waals surface area contributed by atoms with Crippen molar-refractivity contribution in [1.82, 2.24) is 4.90 Å². The molecule has 1 aromatic rings. The molecule has 4 nitrogen and oxygen atoms in total. The highest BCUT2D eigenvalue weighted by molar-refractivity contribution is 5.85. The Morgan fingerprint density at radius 2 is 2.19 bits per heavy atom. The highest BCUT2D eigenvalue weighted by Gasteiger charge is 2.31. The van der Waals surface area contributed by atoms with E-state index in [1.165, 1.54) is 0 Å². The number of amides is 1. The summed E-state index contributed by atoms with van der Waals surface area (Å²) in [6.45, 7) is 5.56. The molecule has 1 aliphatic rings. The van der Waals surface area contributed by atoms with Crippen molar-refractivity contribution in [2.45, 2.75) is 32.7 Å². The molecule has 2 rings (SSSR count). The van der Waals surface area contributed by atoms with Gasteiger partial charge in [-0.25, -0.2) is 0 Å². The third-order valence-electron chi connectivity index (χ3n) is 4.09. The van der Waals surface area contributed by atoms with Gasteiger partial charge in [0, 0.05) is 18.2 Å². The Morgan fingerprint density at radius 3 is 2.76 bits per heavy atom. The second-order valence-corrected chi connectivity index (χ2v) is 5.72. The van der Waals surface area contributed by atoms with Crippen LogP contribution in [0.2, 0.25) is 0 Å². The van der Waals surface area contributed by atoms with E-state index in [0.29, 0.717) is 18.9 Å². The minimum atomic E-state index is 0. The molecule has 1 aromatic carbocycles. The first kappa shape index (κ1) is 17.8. The average Bonchev–Trinajstić information content (AvgIpc) is 2.80. The van der Waals surface area contributed by atoms with Gasteiger partial charge in [0.2, 0.25) is 5.91 Å². The van der Waals surface area contributed by atoms with Crippen LogP contribution in [-0.2, 0) is 11.2 Å². The van der Waals surface area contributed by atoms with Crippen molar-refractivity contribution < 1.29 is 9.53 Å². The van der Waals surface area contributed by atoms with Gasteiger partial charge in [0.1, 0.15) is 5.75 Å². The summed E-state index contributed by atoms with van der Waals surface area (Å²) in [5.74, 6) is 1.39. The van der Waals surface area contributed by atoms with Crippen molar-refractivity contribution in [2.75, 3.05) is 20.2 Å². The molecule has 1 aliphatic heterocycles. The zero-order valence-corrected chi connectivity index (χ0v) is 13.8. The Bertz CT molecular complexity index is 493. The average molecular weight is 313 g/mol. The molecule has 0 bridgehead atoms. The lowest BCUT2D eigenvalue weighted by Crippen LogP contribution is -2.35. The normalized spacial score (nSPS) is 21.0. The number of ether oxygens (including phenoxy) is 1. The van der Waals surface area contributed by atoms with Crippen LogP contribution in [0.25, 0.3) is 0 Å². The van der Waals surface area contributed by atoms with Crippen molar-refractivity contribution in [1.29, 1.82) is 0 Å². The van der Waals surface area contributed by atoms with Crippen molar-refractivity contribution in [3.8, 4) is 5.75 Å². The van der Waals surface area contributed by atoms with E-state index in [1.54, 1.807) is 7.11 Å². The summed E-state index contributed by atoms with van der Waals surface area (Å²) in [6, 6.07) is 6.23. The molecule has 1 fully saturated rings. The van der Waals surface area contributed by atoms with E-state index in [2.05, 4.69) is 6.92 Å². The van der Waals surface area contributed by atoms with Gasteiger partial charge in [-0.3, -0.25) is 4.79 Å². The first-order valence-corrected chi connectivity index (χ1v) is 7.18. The molecule has 21 heavy (non-hydrogen) atoms. The third-order valence-corrected chi connectivity index (χ3v) is 4.09. The monoisotopic (exact) mass is 312 g/mol. The standard InChI is InChI=1S/C16H24N2O2.ClH/c1-11-4-5-15(20-3)14(6-11)8-16(19)18-10-13(9-17)7-12(18)2;/h4-6,12-13H,7-10,17H2,1-3H3;1H. The minimum Gasteiger partial charge on any atom is -0.496 e. The van der Waals surface area contributed by atoms with E-state index in [0.717, 1.165) is 29.8 Å². The molecule has 0 saturated carbocycles. The summed E-state index contributed by atoms with van der Waals surface area (Å²) in [4.78, 5) is 14.5. The van der Waals surface area contributed by atoms with Gasteiger partial charge in [-0.15, -0.1) is 12.4 Å². The maximum absolute atomic E-state index is 12.5. The van der Waals surface area contributed by atoms with Gasteiger partial charge < -0.3 is 15.4 Å². The molecular weight excluding hydrogens is 288 g/mol. The number of hydrogen-bond acceptors (Lipinski definition) is 3. The lowest BCUT2D eigenvalue weighted by Gasteiger charge is -2.22. The number of methoxy groups -OCH3 is 1. The molecule has 1 saturated heterocycles. The molecule has 0 aliphatic carbocycles. The second kappa shape index (κ2) is 7.66. The zero-order valence-electron chi connectivity index (χ0n) is 13.0. The van der Waals surface area contributed by atoms with Crippen molar-refractivity contribution >= 4 is 18.3 Å². The Labute approximate surface area is 133 Å². The molecule has 118 valence electrons. The first-order chi connectivity index (χ1) is 9.55. The highest BCUT2D eigenvalue weighted by Crippen LogP contribution is 2.25. The van der Waals surface area contributed by atoms with E-state index >= 15 is 0 Å². The Kier molecular flexibility index (Phi) is 6.49. The summed E-state index contributed by atoms with van der Waals surface area (Å²) in [5, 5.41) is 0. The SMILES string of the molecule is COc1ccc(C)cc1CC(=O)N1CC(CN)CC1C.Cl. The van der Waals surface area contributed by atoms with Gasteiger partial charge >= 0.3 is 0 Å². The van der Waals surface area contributed by atoms with E-state index in [4.69, 9.17) is 10.5 Å². The van der Waals surface area contributed by atoms with E-state index in [9.17, 15) is 4.79 Å². The second-order valence-electron chi connectivity index (χ2n) is 5.72.